The van der Waals surface area contributed by atoms with Crippen molar-refractivity contribution in [3.8, 4) is 11.5 Å². The number of hydrogen-bond donors (Lipinski definition) is 2. The highest BCUT2D eigenvalue weighted by molar-refractivity contribution is 5.92. The topological polar surface area (TPSA) is 85.4 Å². The Bertz CT molecular complexity index is 864. The number of nitrogens with one attached hydrogen (secondary N) is 2. The van der Waals surface area contributed by atoms with E-state index in [9.17, 15) is 4.79 Å². The molecule has 0 bridgehead atoms. The Morgan fingerprint density at radius 3 is 2.75 bits per heavy atom. The molecule has 2 heterocycles. The first-order valence-electron chi connectivity index (χ1n) is 9.73. The van der Waals surface area contributed by atoms with Crippen LogP contribution in [0.1, 0.15) is 42.6 Å². The third-order valence-corrected chi connectivity index (χ3v) is 4.82. The zero-order valence-corrected chi connectivity index (χ0v) is 15.7. The van der Waals surface area contributed by atoms with Crippen LogP contribution in [0.4, 0.5) is 11.5 Å². The van der Waals surface area contributed by atoms with Gasteiger partial charge in [0, 0.05) is 18.3 Å². The summed E-state index contributed by atoms with van der Waals surface area (Å²) in [5, 5.41) is 6.07. The molecule has 2 aromatic rings. The van der Waals surface area contributed by atoms with Gasteiger partial charge in [0.2, 0.25) is 0 Å². The van der Waals surface area contributed by atoms with Crippen LogP contribution in [-0.2, 0) is 0 Å². The summed E-state index contributed by atoms with van der Waals surface area (Å²) in [7, 11) is 0. The zero-order chi connectivity index (χ0) is 19.2. The Kier molecular flexibility index (Phi) is 5.70. The molecule has 1 aliphatic carbocycles. The maximum absolute atomic E-state index is 12.2. The van der Waals surface area contributed by atoms with Gasteiger partial charge in [0.05, 0.1) is 12.4 Å². The second-order valence-corrected chi connectivity index (χ2v) is 6.88. The normalized spacial score (nSPS) is 15.5. The summed E-state index contributed by atoms with van der Waals surface area (Å²) in [5.74, 6) is 1.79. The lowest BCUT2D eigenvalue weighted by molar-refractivity contribution is 0.0948. The van der Waals surface area contributed by atoms with Gasteiger partial charge in [-0.15, -0.1) is 0 Å². The van der Waals surface area contributed by atoms with Crippen LogP contribution in [-0.4, -0.2) is 35.6 Å². The fraction of sp³-hybridized carbons (Fsp3) is 0.381. The van der Waals surface area contributed by atoms with Crippen molar-refractivity contribution in [1.29, 1.82) is 0 Å². The van der Waals surface area contributed by atoms with Gasteiger partial charge in [-0.25, -0.2) is 9.97 Å². The third kappa shape index (κ3) is 4.60. The molecule has 0 atom stereocenters. The molecule has 7 heteroatoms. The number of anilines is 2. The molecule has 1 amide bonds. The fourth-order valence-corrected chi connectivity index (χ4v) is 3.34. The minimum absolute atomic E-state index is 0.199. The Balaban J connectivity index is 1.30. The van der Waals surface area contributed by atoms with Crippen molar-refractivity contribution in [2.75, 3.05) is 25.1 Å². The highest BCUT2D eigenvalue weighted by atomic mass is 16.6. The summed E-state index contributed by atoms with van der Waals surface area (Å²) in [6.07, 6.45) is 11.1. The van der Waals surface area contributed by atoms with E-state index in [0.717, 1.165) is 30.7 Å². The van der Waals surface area contributed by atoms with E-state index in [4.69, 9.17) is 9.47 Å². The molecular weight excluding hydrogens is 356 g/mol. The van der Waals surface area contributed by atoms with Crippen molar-refractivity contribution < 1.29 is 14.3 Å². The van der Waals surface area contributed by atoms with Crippen LogP contribution >= 0.6 is 0 Å². The lowest BCUT2D eigenvalue weighted by Crippen LogP contribution is -2.26. The molecule has 4 rings (SSSR count). The van der Waals surface area contributed by atoms with Gasteiger partial charge in [-0.1, -0.05) is 11.6 Å². The number of nitrogens with zero attached hydrogens (tertiary/aromatic N) is 2. The van der Waals surface area contributed by atoms with Gasteiger partial charge in [0.1, 0.15) is 24.7 Å². The van der Waals surface area contributed by atoms with Gasteiger partial charge < -0.3 is 20.1 Å². The quantitative estimate of drug-likeness (QED) is 0.745. The number of carbonyl (C=O) groups is 1. The molecule has 7 nitrogen and oxygen atoms in total. The second-order valence-electron chi connectivity index (χ2n) is 6.88. The number of ether oxygens (including phenoxy) is 2. The molecule has 0 spiro atoms. The summed E-state index contributed by atoms with van der Waals surface area (Å²) < 4.78 is 11.1. The predicted octanol–water partition coefficient (Wildman–Crippen LogP) is 3.61. The van der Waals surface area contributed by atoms with Crippen LogP contribution in [0, 0.1) is 0 Å². The Labute approximate surface area is 164 Å². The van der Waals surface area contributed by atoms with Gasteiger partial charge >= 0.3 is 0 Å². The van der Waals surface area contributed by atoms with E-state index in [-0.39, 0.29) is 5.91 Å². The molecular formula is C21H24N4O3. The van der Waals surface area contributed by atoms with Crippen LogP contribution in [0.2, 0.25) is 0 Å². The number of hydrogen-bond acceptors (Lipinski definition) is 6. The molecule has 0 fully saturated rings. The van der Waals surface area contributed by atoms with Gasteiger partial charge in [-0.2, -0.15) is 0 Å². The molecule has 0 saturated heterocycles. The number of rotatable bonds is 6. The van der Waals surface area contributed by atoms with E-state index < -0.39 is 0 Å². The molecule has 28 heavy (non-hydrogen) atoms. The monoisotopic (exact) mass is 380 g/mol. The molecule has 1 aliphatic heterocycles. The Hall–Kier alpha value is -3.09. The maximum atomic E-state index is 12.2. The van der Waals surface area contributed by atoms with Gasteiger partial charge in [-0.05, 0) is 44.2 Å². The van der Waals surface area contributed by atoms with E-state index >= 15 is 0 Å². The van der Waals surface area contributed by atoms with Crippen molar-refractivity contribution in [1.82, 2.24) is 15.3 Å². The molecule has 1 aromatic carbocycles. The van der Waals surface area contributed by atoms with Gasteiger partial charge in [0.15, 0.2) is 11.5 Å². The van der Waals surface area contributed by atoms with Crippen molar-refractivity contribution in [2.45, 2.75) is 32.1 Å². The maximum Gasteiger partial charge on any atom is 0.271 e. The lowest BCUT2D eigenvalue weighted by atomic mass is 9.97. The van der Waals surface area contributed by atoms with E-state index in [1.54, 1.807) is 6.20 Å². The van der Waals surface area contributed by atoms with Crippen molar-refractivity contribution >= 4 is 17.4 Å². The number of amides is 1. The van der Waals surface area contributed by atoms with Crippen LogP contribution in [0.25, 0.3) is 0 Å². The molecule has 2 aliphatic rings. The smallest absolute Gasteiger partial charge is 0.271 e. The van der Waals surface area contributed by atoms with E-state index in [1.165, 1.54) is 24.6 Å². The number of allylic oxidation sites excluding steroid dienone is 1. The predicted molar refractivity (Wildman–Crippen MR) is 106 cm³/mol. The number of aromatic nitrogens is 2. The zero-order valence-electron chi connectivity index (χ0n) is 15.7. The standard InChI is InChI=1S/C21H24N4O3/c26-21(22-9-8-15-4-2-1-3-5-15)17-13-24-20(14-23-17)25-16-6-7-18-19(12-16)28-11-10-27-18/h4,6-7,12-14H,1-3,5,8-11H2,(H,22,26)(H,24,25). The van der Waals surface area contributed by atoms with E-state index in [2.05, 4.69) is 26.7 Å². The average Bonchev–Trinajstić information content (AvgIpc) is 2.75. The van der Waals surface area contributed by atoms with Crippen LogP contribution in [0.15, 0.2) is 42.2 Å². The molecule has 2 N–H and O–H groups in total. The number of benzene rings is 1. The first kappa shape index (κ1) is 18.3. The summed E-state index contributed by atoms with van der Waals surface area (Å²) in [4.78, 5) is 20.7. The summed E-state index contributed by atoms with van der Waals surface area (Å²) in [6.45, 7) is 1.73. The van der Waals surface area contributed by atoms with E-state index in [1.807, 2.05) is 18.2 Å². The first-order chi connectivity index (χ1) is 13.8. The molecule has 0 saturated carbocycles. The minimum Gasteiger partial charge on any atom is -0.486 e. The van der Waals surface area contributed by atoms with Crippen LogP contribution in [0.5, 0.6) is 11.5 Å². The number of fused-ring (bicyclic) bond motifs is 1. The van der Waals surface area contributed by atoms with Crippen LogP contribution in [0.3, 0.4) is 0 Å². The molecule has 0 unspecified atom stereocenters. The third-order valence-electron chi connectivity index (χ3n) is 4.82. The fourth-order valence-electron chi connectivity index (χ4n) is 3.34. The van der Waals surface area contributed by atoms with Crippen molar-refractivity contribution in [3.63, 3.8) is 0 Å². The van der Waals surface area contributed by atoms with Gasteiger partial charge in [-0.3, -0.25) is 4.79 Å². The summed E-state index contributed by atoms with van der Waals surface area (Å²) in [6, 6.07) is 5.60. The second kappa shape index (κ2) is 8.73. The highest BCUT2D eigenvalue weighted by Gasteiger charge is 2.13. The molecule has 146 valence electrons. The van der Waals surface area contributed by atoms with E-state index in [0.29, 0.717) is 37.0 Å². The average molecular weight is 380 g/mol. The van der Waals surface area contributed by atoms with Crippen molar-refractivity contribution in [3.05, 3.63) is 47.9 Å². The van der Waals surface area contributed by atoms with Crippen molar-refractivity contribution in [2.24, 2.45) is 0 Å². The lowest BCUT2D eigenvalue weighted by Gasteiger charge is -2.19. The summed E-state index contributed by atoms with van der Waals surface area (Å²) >= 11 is 0. The minimum atomic E-state index is -0.199. The van der Waals surface area contributed by atoms with Crippen LogP contribution < -0.4 is 20.1 Å². The summed E-state index contributed by atoms with van der Waals surface area (Å²) in [5.41, 5.74) is 2.57. The molecule has 1 aromatic heterocycles. The highest BCUT2D eigenvalue weighted by Crippen LogP contribution is 2.33. The first-order valence-corrected chi connectivity index (χ1v) is 9.73. The Morgan fingerprint density at radius 1 is 1.07 bits per heavy atom. The largest absolute Gasteiger partial charge is 0.486 e. The molecule has 0 radical (unpaired) electrons. The Morgan fingerprint density at radius 2 is 1.96 bits per heavy atom. The SMILES string of the molecule is O=C(NCCC1=CCCCC1)c1cnc(Nc2ccc3c(c2)OCCO3)cn1. The number of carbonyl (C=O) groups excluding carboxylic acids is 1. The van der Waals surface area contributed by atoms with Gasteiger partial charge in [0.25, 0.3) is 5.91 Å².